The highest BCUT2D eigenvalue weighted by Crippen LogP contribution is 2.20. The molecule has 0 radical (unpaired) electrons. The highest BCUT2D eigenvalue weighted by molar-refractivity contribution is 5.94. The Balaban J connectivity index is 1.21. The van der Waals surface area contributed by atoms with E-state index >= 15 is 0 Å². The molecule has 0 bridgehead atoms. The molecule has 0 spiro atoms. The molecule has 0 N–H and O–H groups in total. The summed E-state index contributed by atoms with van der Waals surface area (Å²) in [6.07, 6.45) is 0. The van der Waals surface area contributed by atoms with Crippen LogP contribution in [-0.2, 0) is 6.61 Å². The van der Waals surface area contributed by atoms with E-state index in [2.05, 4.69) is 20.4 Å². The largest absolute Gasteiger partial charge is 0.489 e. The number of hydrogen-bond donors (Lipinski definition) is 0. The van der Waals surface area contributed by atoms with Gasteiger partial charge in [-0.15, -0.1) is 0 Å². The van der Waals surface area contributed by atoms with E-state index < -0.39 is 0 Å². The first-order valence-electron chi connectivity index (χ1n) is 11.0. The number of carbonyl (C=O) groups excluding carboxylic acids is 1. The summed E-state index contributed by atoms with van der Waals surface area (Å²) in [6, 6.07) is 23.0. The van der Waals surface area contributed by atoms with E-state index in [1.807, 2.05) is 41.3 Å². The Kier molecular flexibility index (Phi) is 6.15. The highest BCUT2D eigenvalue weighted by Gasteiger charge is 2.25. The SMILES string of the molecule is O=C(c1cccc(OCc2ccc(F)cc2)c1)N1CCN(c2nnnn2-c2ccccc2)CC1. The van der Waals surface area contributed by atoms with Gasteiger partial charge < -0.3 is 14.5 Å². The average molecular weight is 458 g/mol. The van der Waals surface area contributed by atoms with E-state index in [0.717, 1.165) is 11.3 Å². The maximum atomic E-state index is 13.1. The third-order valence-electron chi connectivity index (χ3n) is 5.70. The number of anilines is 1. The first kappa shape index (κ1) is 21.6. The molecule has 34 heavy (non-hydrogen) atoms. The Morgan fingerprint density at radius 3 is 2.44 bits per heavy atom. The van der Waals surface area contributed by atoms with Gasteiger partial charge in [0.2, 0.25) is 5.95 Å². The van der Waals surface area contributed by atoms with Crippen LogP contribution in [0.3, 0.4) is 0 Å². The summed E-state index contributed by atoms with van der Waals surface area (Å²) in [5.74, 6) is 0.924. The average Bonchev–Trinajstić information content (AvgIpc) is 3.39. The van der Waals surface area contributed by atoms with Crippen LogP contribution in [0.15, 0.2) is 78.9 Å². The van der Waals surface area contributed by atoms with Crippen molar-refractivity contribution >= 4 is 11.9 Å². The minimum Gasteiger partial charge on any atom is -0.489 e. The third kappa shape index (κ3) is 4.73. The monoisotopic (exact) mass is 458 g/mol. The second-order valence-corrected chi connectivity index (χ2v) is 7.95. The van der Waals surface area contributed by atoms with Crippen molar-refractivity contribution in [3.63, 3.8) is 0 Å². The number of benzene rings is 3. The van der Waals surface area contributed by atoms with Crippen LogP contribution in [0.4, 0.5) is 10.3 Å². The van der Waals surface area contributed by atoms with E-state index in [1.165, 1.54) is 12.1 Å². The Morgan fingerprint density at radius 2 is 1.68 bits per heavy atom. The number of tetrazole rings is 1. The van der Waals surface area contributed by atoms with Gasteiger partial charge in [0.05, 0.1) is 5.69 Å². The number of rotatable bonds is 6. The van der Waals surface area contributed by atoms with Gasteiger partial charge in [-0.2, -0.15) is 4.68 Å². The van der Waals surface area contributed by atoms with Crippen LogP contribution >= 0.6 is 0 Å². The summed E-state index contributed by atoms with van der Waals surface area (Å²) in [6.45, 7) is 2.66. The molecule has 1 amide bonds. The number of piperazine rings is 1. The van der Waals surface area contributed by atoms with Crippen molar-refractivity contribution in [3.8, 4) is 11.4 Å². The zero-order valence-corrected chi connectivity index (χ0v) is 18.4. The molecule has 1 aliphatic rings. The standard InChI is InChI=1S/C25H23FN6O2/c26-21-11-9-19(10-12-21)18-34-23-8-4-5-20(17-23)24(33)30-13-15-31(16-14-30)25-27-28-29-32(25)22-6-2-1-3-7-22/h1-12,17H,13-16,18H2. The summed E-state index contributed by atoms with van der Waals surface area (Å²) < 4.78 is 20.6. The van der Waals surface area contributed by atoms with Crippen LogP contribution in [0, 0.1) is 5.82 Å². The maximum absolute atomic E-state index is 13.1. The molecule has 1 fully saturated rings. The Hall–Kier alpha value is -4.27. The normalized spacial score (nSPS) is 13.7. The Labute approximate surface area is 196 Å². The van der Waals surface area contributed by atoms with Crippen LogP contribution < -0.4 is 9.64 Å². The molecule has 4 aromatic rings. The maximum Gasteiger partial charge on any atom is 0.254 e. The fraction of sp³-hybridized carbons (Fsp3) is 0.200. The van der Waals surface area contributed by atoms with E-state index in [4.69, 9.17) is 4.74 Å². The molecule has 0 atom stereocenters. The number of ether oxygens (including phenoxy) is 1. The number of nitrogens with zero attached hydrogens (tertiary/aromatic N) is 6. The lowest BCUT2D eigenvalue weighted by molar-refractivity contribution is 0.0745. The van der Waals surface area contributed by atoms with Gasteiger partial charge in [-0.05, 0) is 58.5 Å². The smallest absolute Gasteiger partial charge is 0.254 e. The minimum atomic E-state index is -0.284. The lowest BCUT2D eigenvalue weighted by atomic mass is 10.1. The molecule has 0 saturated carbocycles. The topological polar surface area (TPSA) is 76.4 Å². The lowest BCUT2D eigenvalue weighted by Crippen LogP contribution is -2.49. The Morgan fingerprint density at radius 1 is 0.912 bits per heavy atom. The summed E-state index contributed by atoms with van der Waals surface area (Å²) in [5.41, 5.74) is 2.31. The van der Waals surface area contributed by atoms with Gasteiger partial charge in [0, 0.05) is 31.7 Å². The first-order valence-corrected chi connectivity index (χ1v) is 11.0. The van der Waals surface area contributed by atoms with E-state index in [0.29, 0.717) is 50.0 Å². The van der Waals surface area contributed by atoms with Crippen LogP contribution in [0.25, 0.3) is 5.69 Å². The van der Waals surface area contributed by atoms with Crippen LogP contribution in [0.5, 0.6) is 5.75 Å². The molecule has 3 aromatic carbocycles. The van der Waals surface area contributed by atoms with Crippen LogP contribution in [0.2, 0.25) is 0 Å². The summed E-state index contributed by atoms with van der Waals surface area (Å²) in [4.78, 5) is 17.0. The van der Waals surface area contributed by atoms with Crippen molar-refractivity contribution in [2.45, 2.75) is 6.61 Å². The van der Waals surface area contributed by atoms with E-state index in [9.17, 15) is 9.18 Å². The molecule has 1 saturated heterocycles. The first-order chi connectivity index (χ1) is 16.7. The molecule has 0 aliphatic carbocycles. The van der Waals surface area contributed by atoms with E-state index in [1.54, 1.807) is 35.0 Å². The predicted octanol–water partition coefficient (Wildman–Crippen LogP) is 3.34. The summed E-state index contributed by atoms with van der Waals surface area (Å²) >= 11 is 0. The second-order valence-electron chi connectivity index (χ2n) is 7.95. The minimum absolute atomic E-state index is 0.0467. The number of carbonyl (C=O) groups is 1. The summed E-state index contributed by atoms with van der Waals surface area (Å²) in [7, 11) is 0. The van der Waals surface area contributed by atoms with Gasteiger partial charge in [0.15, 0.2) is 0 Å². The van der Waals surface area contributed by atoms with Gasteiger partial charge in [0.25, 0.3) is 5.91 Å². The van der Waals surface area contributed by atoms with Gasteiger partial charge >= 0.3 is 0 Å². The fourth-order valence-electron chi connectivity index (χ4n) is 3.87. The molecule has 0 unspecified atom stereocenters. The van der Waals surface area contributed by atoms with Crippen molar-refractivity contribution in [1.82, 2.24) is 25.1 Å². The third-order valence-corrected chi connectivity index (χ3v) is 5.70. The molecule has 1 aromatic heterocycles. The molecular formula is C25H23FN6O2. The molecule has 1 aliphatic heterocycles. The van der Waals surface area contributed by atoms with Crippen LogP contribution in [-0.4, -0.2) is 57.2 Å². The molecule has 8 nitrogen and oxygen atoms in total. The number of amides is 1. The highest BCUT2D eigenvalue weighted by atomic mass is 19.1. The molecule has 9 heteroatoms. The van der Waals surface area contributed by atoms with Gasteiger partial charge in [-0.25, -0.2) is 4.39 Å². The Bertz CT molecular complexity index is 1250. The van der Waals surface area contributed by atoms with Crippen molar-refractivity contribution in [2.75, 3.05) is 31.1 Å². The van der Waals surface area contributed by atoms with Gasteiger partial charge in [-0.1, -0.05) is 41.5 Å². The van der Waals surface area contributed by atoms with Gasteiger partial charge in [-0.3, -0.25) is 4.79 Å². The molecule has 172 valence electrons. The molecule has 2 heterocycles. The van der Waals surface area contributed by atoms with Gasteiger partial charge in [0.1, 0.15) is 18.2 Å². The number of aromatic nitrogens is 4. The fourth-order valence-corrected chi connectivity index (χ4v) is 3.87. The van der Waals surface area contributed by atoms with Crippen molar-refractivity contribution in [1.29, 1.82) is 0 Å². The zero-order valence-electron chi connectivity index (χ0n) is 18.4. The quantitative estimate of drug-likeness (QED) is 0.441. The van der Waals surface area contributed by atoms with Crippen molar-refractivity contribution in [2.24, 2.45) is 0 Å². The predicted molar refractivity (Wildman–Crippen MR) is 124 cm³/mol. The number of hydrogen-bond acceptors (Lipinski definition) is 6. The van der Waals surface area contributed by atoms with Crippen molar-refractivity contribution < 1.29 is 13.9 Å². The van der Waals surface area contributed by atoms with E-state index in [-0.39, 0.29) is 11.7 Å². The van der Waals surface area contributed by atoms with Crippen molar-refractivity contribution in [3.05, 3.63) is 95.8 Å². The van der Waals surface area contributed by atoms with Crippen LogP contribution in [0.1, 0.15) is 15.9 Å². The molecule has 5 rings (SSSR count). The second kappa shape index (κ2) is 9.70. The number of para-hydroxylation sites is 1. The molecular weight excluding hydrogens is 435 g/mol. The summed E-state index contributed by atoms with van der Waals surface area (Å²) in [5, 5.41) is 12.1. The number of halogens is 1. The zero-order chi connectivity index (χ0) is 23.3. The lowest BCUT2D eigenvalue weighted by Gasteiger charge is -2.34.